The lowest BCUT2D eigenvalue weighted by atomic mass is 10.1. The zero-order chi connectivity index (χ0) is 18.5. The number of benzene rings is 2. The van der Waals surface area contributed by atoms with Crippen LogP contribution in [0.3, 0.4) is 0 Å². The molecule has 1 atom stereocenters. The third-order valence-corrected chi connectivity index (χ3v) is 5.98. The molecule has 1 aliphatic heterocycles. The largest absolute Gasteiger partial charge is 0.350 e. The summed E-state index contributed by atoms with van der Waals surface area (Å²) in [6, 6.07) is 16.0. The van der Waals surface area contributed by atoms with E-state index in [1.54, 1.807) is 16.7 Å². The maximum atomic E-state index is 12.7. The molecule has 2 amide bonds. The highest BCUT2D eigenvalue weighted by Crippen LogP contribution is 2.39. The van der Waals surface area contributed by atoms with Gasteiger partial charge in [0, 0.05) is 11.4 Å². The molecule has 0 saturated carbocycles. The van der Waals surface area contributed by atoms with Gasteiger partial charge in [-0.1, -0.05) is 50.2 Å². The Morgan fingerprint density at radius 1 is 1.08 bits per heavy atom. The van der Waals surface area contributed by atoms with Crippen LogP contribution in [-0.4, -0.2) is 23.6 Å². The van der Waals surface area contributed by atoms with Crippen LogP contribution in [0.25, 0.3) is 0 Å². The molecule has 0 aromatic heterocycles. The lowest BCUT2D eigenvalue weighted by Gasteiger charge is -2.32. The number of hydrogen-bond donors (Lipinski definition) is 1. The van der Waals surface area contributed by atoms with E-state index < -0.39 is 0 Å². The number of carbonyl (C=O) groups excluding carboxylic acids is 2. The first kappa shape index (κ1) is 18.5. The van der Waals surface area contributed by atoms with Crippen molar-refractivity contribution in [2.45, 2.75) is 43.4 Å². The summed E-state index contributed by atoms with van der Waals surface area (Å²) in [5, 5.41) is 2.80. The number of anilines is 1. The number of nitrogens with one attached hydrogen (secondary N) is 1. The van der Waals surface area contributed by atoms with Crippen molar-refractivity contribution in [1.82, 2.24) is 5.32 Å². The topological polar surface area (TPSA) is 49.4 Å². The van der Waals surface area contributed by atoms with Gasteiger partial charge in [-0.25, -0.2) is 0 Å². The first-order chi connectivity index (χ1) is 12.6. The van der Waals surface area contributed by atoms with Crippen molar-refractivity contribution in [3.05, 3.63) is 59.7 Å². The molecule has 2 aromatic rings. The Kier molecular flexibility index (Phi) is 5.99. The lowest BCUT2D eigenvalue weighted by molar-refractivity contribution is -0.123. The highest BCUT2D eigenvalue weighted by molar-refractivity contribution is 8.01. The summed E-state index contributed by atoms with van der Waals surface area (Å²) < 4.78 is 0. The number of rotatable bonds is 6. The van der Waals surface area contributed by atoms with Crippen molar-refractivity contribution in [2.24, 2.45) is 0 Å². The van der Waals surface area contributed by atoms with Crippen LogP contribution >= 0.6 is 11.8 Å². The van der Waals surface area contributed by atoms with Gasteiger partial charge in [-0.2, -0.15) is 0 Å². The fourth-order valence-corrected chi connectivity index (χ4v) is 4.15. The minimum absolute atomic E-state index is 0.0126. The number of fused-ring (bicyclic) bond motifs is 1. The SMILES string of the molecule is CCc1ccc(CNC(=O)CN2C(=O)C(CC)Sc3ccccc32)cc1. The van der Waals surface area contributed by atoms with Crippen LogP contribution in [0.2, 0.25) is 0 Å². The summed E-state index contributed by atoms with van der Waals surface area (Å²) in [7, 11) is 0. The molecule has 2 aromatic carbocycles. The molecule has 0 bridgehead atoms. The van der Waals surface area contributed by atoms with E-state index in [0.717, 1.165) is 29.0 Å². The zero-order valence-electron chi connectivity index (χ0n) is 15.2. The Balaban J connectivity index is 1.66. The number of aryl methyl sites for hydroxylation is 1. The normalized spacial score (nSPS) is 16.3. The predicted molar refractivity (Wildman–Crippen MR) is 106 cm³/mol. The van der Waals surface area contributed by atoms with Crippen LogP contribution in [0, 0.1) is 0 Å². The van der Waals surface area contributed by atoms with Crippen molar-refractivity contribution in [3.8, 4) is 0 Å². The zero-order valence-corrected chi connectivity index (χ0v) is 16.0. The molecule has 0 radical (unpaired) electrons. The number of amides is 2. The minimum Gasteiger partial charge on any atom is -0.350 e. The van der Waals surface area contributed by atoms with Crippen LogP contribution in [-0.2, 0) is 22.6 Å². The molecule has 1 unspecified atom stereocenters. The second-order valence-corrected chi connectivity index (χ2v) is 7.60. The maximum Gasteiger partial charge on any atom is 0.240 e. The van der Waals surface area contributed by atoms with E-state index in [0.29, 0.717) is 6.54 Å². The fourth-order valence-electron chi connectivity index (χ4n) is 2.99. The average molecular weight is 369 g/mol. The molecular formula is C21H24N2O2S. The van der Waals surface area contributed by atoms with Crippen molar-refractivity contribution in [3.63, 3.8) is 0 Å². The Labute approximate surface area is 159 Å². The maximum absolute atomic E-state index is 12.7. The predicted octanol–water partition coefficient (Wildman–Crippen LogP) is 3.78. The van der Waals surface area contributed by atoms with Gasteiger partial charge in [0.1, 0.15) is 6.54 Å². The number of carbonyl (C=O) groups is 2. The van der Waals surface area contributed by atoms with E-state index >= 15 is 0 Å². The molecule has 0 fully saturated rings. The molecule has 4 nitrogen and oxygen atoms in total. The summed E-state index contributed by atoms with van der Waals surface area (Å²) in [6.45, 7) is 4.65. The van der Waals surface area contributed by atoms with E-state index in [1.165, 1.54) is 5.56 Å². The van der Waals surface area contributed by atoms with Crippen LogP contribution in [0.1, 0.15) is 31.4 Å². The number of para-hydroxylation sites is 1. The van der Waals surface area contributed by atoms with Crippen LogP contribution < -0.4 is 10.2 Å². The lowest BCUT2D eigenvalue weighted by Crippen LogP contribution is -2.46. The van der Waals surface area contributed by atoms with E-state index in [1.807, 2.05) is 43.3 Å². The Morgan fingerprint density at radius 2 is 1.77 bits per heavy atom. The minimum atomic E-state index is -0.144. The molecule has 1 aliphatic rings. The standard InChI is InChI=1S/C21H24N2O2S/c1-3-15-9-11-16(12-10-15)13-22-20(24)14-23-17-7-5-6-8-19(17)26-18(4-2)21(23)25/h5-12,18H,3-4,13-14H2,1-2H3,(H,22,24). The summed E-state index contributed by atoms with van der Waals surface area (Å²) in [5.41, 5.74) is 3.16. The molecule has 5 heteroatoms. The van der Waals surface area contributed by atoms with Crippen molar-refractivity contribution in [1.29, 1.82) is 0 Å². The molecule has 136 valence electrons. The fraction of sp³-hybridized carbons (Fsp3) is 0.333. The second kappa shape index (κ2) is 8.41. The van der Waals surface area contributed by atoms with Gasteiger partial charge < -0.3 is 10.2 Å². The van der Waals surface area contributed by atoms with Crippen molar-refractivity contribution < 1.29 is 9.59 Å². The molecular weight excluding hydrogens is 344 g/mol. The number of thioether (sulfide) groups is 1. The molecule has 1 N–H and O–H groups in total. The van der Waals surface area contributed by atoms with E-state index in [-0.39, 0.29) is 23.6 Å². The van der Waals surface area contributed by atoms with E-state index in [4.69, 9.17) is 0 Å². The number of hydrogen-bond acceptors (Lipinski definition) is 3. The first-order valence-electron chi connectivity index (χ1n) is 9.04. The Bertz CT molecular complexity index is 789. The van der Waals surface area contributed by atoms with Gasteiger partial charge in [-0.3, -0.25) is 9.59 Å². The highest BCUT2D eigenvalue weighted by Gasteiger charge is 2.33. The van der Waals surface area contributed by atoms with Crippen LogP contribution in [0.15, 0.2) is 53.4 Å². The quantitative estimate of drug-likeness (QED) is 0.844. The average Bonchev–Trinajstić information content (AvgIpc) is 2.68. The Morgan fingerprint density at radius 3 is 2.46 bits per heavy atom. The summed E-state index contributed by atoms with van der Waals surface area (Å²) in [4.78, 5) is 27.8. The van der Waals surface area contributed by atoms with Gasteiger partial charge in [0.2, 0.25) is 11.8 Å². The first-order valence-corrected chi connectivity index (χ1v) is 9.92. The van der Waals surface area contributed by atoms with Crippen LogP contribution in [0.4, 0.5) is 5.69 Å². The number of nitrogens with zero attached hydrogens (tertiary/aromatic N) is 1. The molecule has 26 heavy (non-hydrogen) atoms. The van der Waals surface area contributed by atoms with Gasteiger partial charge >= 0.3 is 0 Å². The smallest absolute Gasteiger partial charge is 0.240 e. The Hall–Kier alpha value is -2.27. The monoisotopic (exact) mass is 368 g/mol. The van der Waals surface area contributed by atoms with Gasteiger partial charge in [0.25, 0.3) is 0 Å². The second-order valence-electron chi connectivity index (χ2n) is 6.35. The molecule has 0 spiro atoms. The summed E-state index contributed by atoms with van der Waals surface area (Å²) in [5.74, 6) is -0.131. The molecule has 0 saturated heterocycles. The van der Waals surface area contributed by atoms with Crippen molar-refractivity contribution >= 4 is 29.3 Å². The third kappa shape index (κ3) is 4.10. The summed E-state index contributed by atoms with van der Waals surface area (Å²) >= 11 is 1.59. The van der Waals surface area contributed by atoms with Gasteiger partial charge in [-0.15, -0.1) is 11.8 Å². The van der Waals surface area contributed by atoms with E-state index in [2.05, 4.69) is 24.4 Å². The van der Waals surface area contributed by atoms with Gasteiger partial charge in [0.05, 0.1) is 10.9 Å². The summed E-state index contributed by atoms with van der Waals surface area (Å²) in [6.07, 6.45) is 1.75. The molecule has 3 rings (SSSR count). The molecule has 1 heterocycles. The van der Waals surface area contributed by atoms with Crippen LogP contribution in [0.5, 0.6) is 0 Å². The van der Waals surface area contributed by atoms with Crippen molar-refractivity contribution in [2.75, 3.05) is 11.4 Å². The van der Waals surface area contributed by atoms with Gasteiger partial charge in [0.15, 0.2) is 0 Å². The van der Waals surface area contributed by atoms with Gasteiger partial charge in [-0.05, 0) is 36.1 Å². The highest BCUT2D eigenvalue weighted by atomic mass is 32.2. The van der Waals surface area contributed by atoms with E-state index in [9.17, 15) is 9.59 Å². The molecule has 0 aliphatic carbocycles. The third-order valence-electron chi connectivity index (χ3n) is 4.56.